The van der Waals surface area contributed by atoms with Crippen molar-refractivity contribution in [2.24, 2.45) is 11.8 Å². The standard InChI is InChI=1S/C21H36N2O2/c1-7-16(5)14-23(13-15(3)4)20-10-9-18(11-19(20)22)17(8-2)12-21(24)25-6/h9-11,15-17H,7-8,12-14,22H2,1-6H3. The molecule has 2 unspecified atom stereocenters. The van der Waals surface area contributed by atoms with Crippen LogP contribution in [0.1, 0.15) is 65.4 Å². The maximum absolute atomic E-state index is 11.6. The van der Waals surface area contributed by atoms with Crippen LogP contribution < -0.4 is 10.6 Å². The molecule has 142 valence electrons. The van der Waals surface area contributed by atoms with E-state index in [1.54, 1.807) is 0 Å². The molecule has 2 N–H and O–H groups in total. The number of anilines is 2. The van der Waals surface area contributed by atoms with Crippen molar-refractivity contribution < 1.29 is 9.53 Å². The van der Waals surface area contributed by atoms with Crippen LogP contribution >= 0.6 is 0 Å². The number of benzene rings is 1. The van der Waals surface area contributed by atoms with Crippen molar-refractivity contribution in [2.75, 3.05) is 30.8 Å². The monoisotopic (exact) mass is 348 g/mol. The average Bonchev–Trinajstić information content (AvgIpc) is 2.58. The van der Waals surface area contributed by atoms with Crippen molar-refractivity contribution in [1.82, 2.24) is 0 Å². The molecule has 4 nitrogen and oxygen atoms in total. The van der Waals surface area contributed by atoms with Gasteiger partial charge in [0.1, 0.15) is 0 Å². The highest BCUT2D eigenvalue weighted by Crippen LogP contribution is 2.32. The van der Waals surface area contributed by atoms with Crippen molar-refractivity contribution in [1.29, 1.82) is 0 Å². The van der Waals surface area contributed by atoms with E-state index in [1.807, 2.05) is 6.07 Å². The Bertz CT molecular complexity index is 543. The lowest BCUT2D eigenvalue weighted by atomic mass is 9.92. The average molecular weight is 349 g/mol. The van der Waals surface area contributed by atoms with E-state index in [2.05, 4.69) is 51.7 Å². The van der Waals surface area contributed by atoms with Crippen LogP contribution in [-0.2, 0) is 9.53 Å². The molecule has 0 saturated heterocycles. The second-order valence-corrected chi connectivity index (χ2v) is 7.52. The molecule has 0 aliphatic heterocycles. The zero-order chi connectivity index (χ0) is 19.0. The molecule has 4 heteroatoms. The molecule has 0 saturated carbocycles. The van der Waals surface area contributed by atoms with Crippen molar-refractivity contribution in [2.45, 2.75) is 59.8 Å². The van der Waals surface area contributed by atoms with Crippen molar-refractivity contribution >= 4 is 17.3 Å². The summed E-state index contributed by atoms with van der Waals surface area (Å²) < 4.78 is 4.82. The fourth-order valence-electron chi connectivity index (χ4n) is 3.11. The summed E-state index contributed by atoms with van der Waals surface area (Å²) in [5.41, 5.74) is 9.42. The van der Waals surface area contributed by atoms with Gasteiger partial charge in [0, 0.05) is 13.1 Å². The van der Waals surface area contributed by atoms with Crippen LogP contribution in [0.5, 0.6) is 0 Å². The van der Waals surface area contributed by atoms with Gasteiger partial charge in [-0.05, 0) is 41.9 Å². The van der Waals surface area contributed by atoms with Gasteiger partial charge in [0.25, 0.3) is 0 Å². The summed E-state index contributed by atoms with van der Waals surface area (Å²) in [6.07, 6.45) is 2.44. The number of nitrogens with two attached hydrogens (primary N) is 1. The summed E-state index contributed by atoms with van der Waals surface area (Å²) in [6.45, 7) is 13.1. The van der Waals surface area contributed by atoms with Crippen LogP contribution in [0.3, 0.4) is 0 Å². The normalized spacial score (nSPS) is 13.6. The number of rotatable bonds is 10. The second-order valence-electron chi connectivity index (χ2n) is 7.52. The number of methoxy groups -OCH3 is 1. The molecular formula is C21H36N2O2. The maximum Gasteiger partial charge on any atom is 0.306 e. The molecule has 0 fully saturated rings. The molecule has 0 radical (unpaired) electrons. The van der Waals surface area contributed by atoms with Gasteiger partial charge in [-0.1, -0.05) is 47.1 Å². The van der Waals surface area contributed by atoms with Gasteiger partial charge in [0.15, 0.2) is 0 Å². The molecule has 0 heterocycles. The van der Waals surface area contributed by atoms with E-state index < -0.39 is 0 Å². The lowest BCUT2D eigenvalue weighted by Gasteiger charge is -2.31. The number of nitrogen functional groups attached to an aromatic ring is 1. The highest BCUT2D eigenvalue weighted by atomic mass is 16.5. The second kappa shape index (κ2) is 10.3. The molecular weight excluding hydrogens is 312 g/mol. The van der Waals surface area contributed by atoms with E-state index in [-0.39, 0.29) is 11.9 Å². The Balaban J connectivity index is 3.05. The number of hydrogen-bond donors (Lipinski definition) is 1. The number of ether oxygens (including phenoxy) is 1. The van der Waals surface area contributed by atoms with Gasteiger partial charge in [-0.3, -0.25) is 4.79 Å². The van der Waals surface area contributed by atoms with Gasteiger partial charge in [-0.15, -0.1) is 0 Å². The predicted molar refractivity (Wildman–Crippen MR) is 107 cm³/mol. The van der Waals surface area contributed by atoms with Gasteiger partial charge in [-0.2, -0.15) is 0 Å². The highest BCUT2D eigenvalue weighted by molar-refractivity contribution is 5.72. The summed E-state index contributed by atoms with van der Waals surface area (Å²) in [6, 6.07) is 6.28. The molecule has 2 atom stereocenters. The van der Waals surface area contributed by atoms with Crippen LogP contribution in [0.25, 0.3) is 0 Å². The van der Waals surface area contributed by atoms with Gasteiger partial charge in [0.05, 0.1) is 24.9 Å². The summed E-state index contributed by atoms with van der Waals surface area (Å²) in [4.78, 5) is 14.0. The molecule has 1 aromatic rings. The molecule has 0 bridgehead atoms. The minimum absolute atomic E-state index is 0.150. The minimum atomic E-state index is -0.173. The van der Waals surface area contributed by atoms with Gasteiger partial charge < -0.3 is 15.4 Å². The first-order chi connectivity index (χ1) is 11.8. The molecule has 0 aromatic heterocycles. The fraction of sp³-hybridized carbons (Fsp3) is 0.667. The highest BCUT2D eigenvalue weighted by Gasteiger charge is 2.18. The van der Waals surface area contributed by atoms with Crippen molar-refractivity contribution in [3.8, 4) is 0 Å². The van der Waals surface area contributed by atoms with E-state index in [9.17, 15) is 4.79 Å². The lowest BCUT2D eigenvalue weighted by molar-refractivity contribution is -0.141. The third-order valence-electron chi connectivity index (χ3n) is 4.81. The Morgan fingerprint density at radius 2 is 1.84 bits per heavy atom. The first kappa shape index (κ1) is 21.3. The molecule has 25 heavy (non-hydrogen) atoms. The first-order valence-corrected chi connectivity index (χ1v) is 9.53. The third kappa shape index (κ3) is 6.60. The maximum atomic E-state index is 11.6. The Labute approximate surface area is 153 Å². The molecule has 1 rings (SSSR count). The quantitative estimate of drug-likeness (QED) is 0.486. The zero-order valence-electron chi connectivity index (χ0n) is 16.8. The third-order valence-corrected chi connectivity index (χ3v) is 4.81. The fourth-order valence-corrected chi connectivity index (χ4v) is 3.11. The number of carbonyl (C=O) groups is 1. The Kier molecular flexibility index (Phi) is 8.81. The molecule has 0 aliphatic rings. The predicted octanol–water partition coefficient (Wildman–Crippen LogP) is 4.83. The topological polar surface area (TPSA) is 55.6 Å². The van der Waals surface area contributed by atoms with Crippen molar-refractivity contribution in [3.63, 3.8) is 0 Å². The zero-order valence-corrected chi connectivity index (χ0v) is 16.8. The largest absolute Gasteiger partial charge is 0.469 e. The lowest BCUT2D eigenvalue weighted by Crippen LogP contribution is -2.32. The van der Waals surface area contributed by atoms with Crippen LogP contribution in [0.15, 0.2) is 18.2 Å². The van der Waals surface area contributed by atoms with E-state index in [4.69, 9.17) is 10.5 Å². The Hall–Kier alpha value is -1.71. The smallest absolute Gasteiger partial charge is 0.306 e. The summed E-state index contributed by atoms with van der Waals surface area (Å²) >= 11 is 0. The summed E-state index contributed by atoms with van der Waals surface area (Å²) in [5, 5.41) is 0. The first-order valence-electron chi connectivity index (χ1n) is 9.53. The van der Waals surface area contributed by atoms with Crippen LogP contribution in [0.4, 0.5) is 11.4 Å². The van der Waals surface area contributed by atoms with Gasteiger partial charge in [0.2, 0.25) is 0 Å². The Morgan fingerprint density at radius 1 is 1.16 bits per heavy atom. The summed E-state index contributed by atoms with van der Waals surface area (Å²) in [5.74, 6) is 1.18. The number of esters is 1. The van der Waals surface area contributed by atoms with Gasteiger partial charge >= 0.3 is 5.97 Å². The number of nitrogens with zero attached hydrogens (tertiary/aromatic N) is 1. The number of hydrogen-bond acceptors (Lipinski definition) is 4. The van der Waals surface area contributed by atoms with Gasteiger partial charge in [-0.25, -0.2) is 0 Å². The van der Waals surface area contributed by atoms with Crippen LogP contribution in [0, 0.1) is 11.8 Å². The van der Waals surface area contributed by atoms with E-state index in [0.29, 0.717) is 18.3 Å². The van der Waals surface area contributed by atoms with Crippen LogP contribution in [-0.4, -0.2) is 26.2 Å². The molecule has 0 aliphatic carbocycles. The van der Waals surface area contributed by atoms with Crippen LogP contribution in [0.2, 0.25) is 0 Å². The SMILES string of the molecule is CCC(C)CN(CC(C)C)c1ccc(C(CC)CC(=O)OC)cc1N. The number of carbonyl (C=O) groups excluding carboxylic acids is 1. The summed E-state index contributed by atoms with van der Waals surface area (Å²) in [7, 11) is 1.44. The molecule has 1 aromatic carbocycles. The van der Waals surface area contributed by atoms with Crippen molar-refractivity contribution in [3.05, 3.63) is 23.8 Å². The minimum Gasteiger partial charge on any atom is -0.469 e. The Morgan fingerprint density at radius 3 is 2.32 bits per heavy atom. The molecule has 0 spiro atoms. The van der Waals surface area contributed by atoms with E-state index >= 15 is 0 Å². The molecule has 0 amide bonds. The van der Waals surface area contributed by atoms with E-state index in [0.717, 1.165) is 42.9 Å². The van der Waals surface area contributed by atoms with E-state index in [1.165, 1.54) is 7.11 Å².